The number of hydrogen-bond acceptors (Lipinski definition) is 3. The quantitative estimate of drug-likeness (QED) is 0.742. The number of nitrogens with one attached hydrogen (secondary N) is 1. The average molecular weight is 227 g/mol. The van der Waals surface area contributed by atoms with Crippen LogP contribution in [0.2, 0.25) is 0 Å². The molecule has 2 rings (SSSR count). The second kappa shape index (κ2) is 5.15. The van der Waals surface area contributed by atoms with E-state index >= 15 is 0 Å². The fourth-order valence-electron chi connectivity index (χ4n) is 2.72. The predicted molar refractivity (Wildman–Crippen MR) is 60.3 cm³/mol. The lowest BCUT2D eigenvalue weighted by molar-refractivity contribution is -0.146. The van der Waals surface area contributed by atoms with Gasteiger partial charge >= 0.3 is 5.97 Å². The molecule has 2 aliphatic rings. The van der Waals surface area contributed by atoms with Gasteiger partial charge in [-0.1, -0.05) is 6.92 Å². The molecule has 2 N–H and O–H groups in total. The summed E-state index contributed by atoms with van der Waals surface area (Å²) in [5.74, 6) is -0.249. The summed E-state index contributed by atoms with van der Waals surface area (Å²) in [6.45, 7) is 3.91. The molecule has 0 aromatic heterocycles. The second-order valence-corrected chi connectivity index (χ2v) is 4.90. The van der Waals surface area contributed by atoms with Crippen LogP contribution in [0.4, 0.5) is 0 Å². The molecule has 1 aliphatic heterocycles. The molecular weight excluding hydrogens is 206 g/mol. The third kappa shape index (κ3) is 2.38. The number of rotatable bonds is 5. The van der Waals surface area contributed by atoms with E-state index in [0.717, 1.165) is 38.8 Å². The molecule has 0 aromatic carbocycles. The molecule has 1 aliphatic carbocycles. The van der Waals surface area contributed by atoms with Crippen molar-refractivity contribution in [3.63, 3.8) is 0 Å². The minimum absolute atomic E-state index is 0.164. The van der Waals surface area contributed by atoms with Gasteiger partial charge in [-0.05, 0) is 31.6 Å². The fraction of sp³-hybridized carbons (Fsp3) is 0.917. The molecule has 0 bridgehead atoms. The van der Waals surface area contributed by atoms with Gasteiger partial charge in [0.15, 0.2) is 0 Å². The lowest BCUT2D eigenvalue weighted by Gasteiger charge is -2.35. The zero-order valence-corrected chi connectivity index (χ0v) is 9.82. The number of carbonyl (C=O) groups is 1. The summed E-state index contributed by atoms with van der Waals surface area (Å²) in [4.78, 5) is 10.8. The summed E-state index contributed by atoms with van der Waals surface area (Å²) in [5, 5.41) is 12.3. The maximum Gasteiger partial charge on any atom is 0.308 e. The van der Waals surface area contributed by atoms with E-state index in [1.807, 2.05) is 0 Å². The van der Waals surface area contributed by atoms with Crippen LogP contribution in [0.3, 0.4) is 0 Å². The molecule has 0 spiro atoms. The third-order valence-corrected chi connectivity index (χ3v) is 3.98. The van der Waals surface area contributed by atoms with E-state index in [-0.39, 0.29) is 12.0 Å². The van der Waals surface area contributed by atoms with Crippen molar-refractivity contribution >= 4 is 5.97 Å². The van der Waals surface area contributed by atoms with Gasteiger partial charge in [-0.25, -0.2) is 0 Å². The summed E-state index contributed by atoms with van der Waals surface area (Å²) in [7, 11) is 0. The van der Waals surface area contributed by atoms with Crippen molar-refractivity contribution in [2.45, 2.75) is 44.8 Å². The van der Waals surface area contributed by atoms with E-state index in [1.165, 1.54) is 0 Å². The Bertz CT molecular complexity index is 257. The predicted octanol–water partition coefficient (Wildman–Crippen LogP) is 1.25. The maximum absolute atomic E-state index is 10.8. The zero-order chi connectivity index (χ0) is 11.5. The molecule has 4 unspecified atom stereocenters. The molecular formula is C12H21NO3. The van der Waals surface area contributed by atoms with Crippen molar-refractivity contribution in [2.24, 2.45) is 11.8 Å². The number of carboxylic acid groups (broad SMARTS) is 1. The van der Waals surface area contributed by atoms with Crippen molar-refractivity contribution < 1.29 is 14.6 Å². The monoisotopic (exact) mass is 227 g/mol. The van der Waals surface area contributed by atoms with E-state index in [9.17, 15) is 4.79 Å². The zero-order valence-electron chi connectivity index (χ0n) is 9.82. The molecule has 0 radical (unpaired) electrons. The van der Waals surface area contributed by atoms with Crippen LogP contribution < -0.4 is 5.32 Å². The molecule has 4 heteroatoms. The smallest absolute Gasteiger partial charge is 0.308 e. The number of carboxylic acids is 1. The molecule has 1 saturated carbocycles. The van der Waals surface area contributed by atoms with Gasteiger partial charge in [0.25, 0.3) is 0 Å². The molecule has 16 heavy (non-hydrogen) atoms. The van der Waals surface area contributed by atoms with Crippen molar-refractivity contribution in [2.75, 3.05) is 13.2 Å². The highest BCUT2D eigenvalue weighted by Crippen LogP contribution is 2.29. The van der Waals surface area contributed by atoms with Crippen molar-refractivity contribution in [3.05, 3.63) is 0 Å². The van der Waals surface area contributed by atoms with E-state index < -0.39 is 5.97 Å². The van der Waals surface area contributed by atoms with Crippen molar-refractivity contribution in [1.82, 2.24) is 5.32 Å². The third-order valence-electron chi connectivity index (χ3n) is 3.98. The Labute approximate surface area is 96.4 Å². The first kappa shape index (κ1) is 11.9. The van der Waals surface area contributed by atoms with Crippen molar-refractivity contribution in [1.29, 1.82) is 0 Å². The van der Waals surface area contributed by atoms with Crippen LogP contribution in [0.1, 0.15) is 32.6 Å². The van der Waals surface area contributed by atoms with E-state index in [2.05, 4.69) is 12.2 Å². The normalized spacial score (nSPS) is 38.3. The minimum atomic E-state index is -0.654. The van der Waals surface area contributed by atoms with Gasteiger partial charge in [-0.15, -0.1) is 0 Å². The first-order valence-electron chi connectivity index (χ1n) is 6.30. The van der Waals surface area contributed by atoms with Crippen LogP contribution >= 0.6 is 0 Å². The van der Waals surface area contributed by atoms with Gasteiger partial charge in [0, 0.05) is 19.2 Å². The molecule has 1 saturated heterocycles. The lowest BCUT2D eigenvalue weighted by atomic mass is 9.79. The maximum atomic E-state index is 10.8. The van der Waals surface area contributed by atoms with Crippen molar-refractivity contribution in [3.8, 4) is 0 Å². The van der Waals surface area contributed by atoms with Crippen LogP contribution in [0.5, 0.6) is 0 Å². The molecule has 0 aromatic rings. The van der Waals surface area contributed by atoms with Crippen LogP contribution in [0, 0.1) is 11.8 Å². The average Bonchev–Trinajstić information content (AvgIpc) is 2.62. The van der Waals surface area contributed by atoms with Gasteiger partial charge in [0.2, 0.25) is 0 Å². The molecule has 1 heterocycles. The Morgan fingerprint density at radius 1 is 1.44 bits per heavy atom. The van der Waals surface area contributed by atoms with E-state index in [0.29, 0.717) is 12.0 Å². The summed E-state index contributed by atoms with van der Waals surface area (Å²) < 4.78 is 5.62. The molecule has 0 amide bonds. The van der Waals surface area contributed by atoms with E-state index in [1.54, 1.807) is 0 Å². The summed E-state index contributed by atoms with van der Waals surface area (Å²) in [6, 6.07) is 0.190. The fourth-order valence-corrected chi connectivity index (χ4v) is 2.72. The largest absolute Gasteiger partial charge is 0.481 e. The van der Waals surface area contributed by atoms with E-state index in [4.69, 9.17) is 9.84 Å². The molecule has 4 nitrogen and oxygen atoms in total. The van der Waals surface area contributed by atoms with Crippen LogP contribution in [0.15, 0.2) is 0 Å². The highest BCUT2D eigenvalue weighted by Gasteiger charge is 2.37. The van der Waals surface area contributed by atoms with Gasteiger partial charge in [0.1, 0.15) is 0 Å². The summed E-state index contributed by atoms with van der Waals surface area (Å²) >= 11 is 0. The highest BCUT2D eigenvalue weighted by atomic mass is 16.5. The number of ether oxygens (including phenoxy) is 1. The Morgan fingerprint density at radius 3 is 2.81 bits per heavy atom. The van der Waals surface area contributed by atoms with Crippen LogP contribution in [-0.2, 0) is 9.53 Å². The van der Waals surface area contributed by atoms with Gasteiger partial charge in [0.05, 0.1) is 12.0 Å². The molecule has 2 fully saturated rings. The molecule has 92 valence electrons. The Morgan fingerprint density at radius 2 is 2.25 bits per heavy atom. The van der Waals surface area contributed by atoms with Crippen LogP contribution in [0.25, 0.3) is 0 Å². The van der Waals surface area contributed by atoms with Gasteiger partial charge in [-0.2, -0.15) is 0 Å². The highest BCUT2D eigenvalue weighted by molar-refractivity contribution is 5.72. The Balaban J connectivity index is 1.73. The summed E-state index contributed by atoms with van der Waals surface area (Å²) in [5.41, 5.74) is 0. The SMILES string of the molecule is CCC1OCCC1CNC1CCC1C(=O)O. The Hall–Kier alpha value is -0.610. The Kier molecular flexibility index (Phi) is 3.82. The van der Waals surface area contributed by atoms with Gasteiger partial charge in [-0.3, -0.25) is 4.79 Å². The van der Waals surface area contributed by atoms with Crippen LogP contribution in [-0.4, -0.2) is 36.4 Å². The first-order chi connectivity index (χ1) is 7.72. The summed E-state index contributed by atoms with van der Waals surface area (Å²) in [6.07, 6.45) is 4.36. The topological polar surface area (TPSA) is 58.6 Å². The number of hydrogen-bond donors (Lipinski definition) is 2. The lowest BCUT2D eigenvalue weighted by Crippen LogP contribution is -2.49. The standard InChI is InChI=1S/C12H21NO3/c1-2-11-8(5-6-16-11)7-13-10-4-3-9(10)12(14)15/h8-11,13H,2-7H2,1H3,(H,14,15). The molecule has 4 atom stereocenters. The first-order valence-corrected chi connectivity index (χ1v) is 6.30. The minimum Gasteiger partial charge on any atom is -0.481 e. The number of aliphatic carboxylic acids is 1. The van der Waals surface area contributed by atoms with Gasteiger partial charge < -0.3 is 15.2 Å². The second-order valence-electron chi connectivity index (χ2n) is 4.90.